The molecule has 1 unspecified atom stereocenters. The van der Waals surface area contributed by atoms with Crippen molar-refractivity contribution < 1.29 is 8.91 Å². The van der Waals surface area contributed by atoms with E-state index in [1.54, 1.807) is 12.1 Å². The highest BCUT2D eigenvalue weighted by atomic mass is 79.9. The monoisotopic (exact) mass is 325 g/mol. The molecule has 2 heterocycles. The van der Waals surface area contributed by atoms with Gasteiger partial charge in [-0.3, -0.25) is 0 Å². The number of aromatic nitrogens is 2. The predicted molar refractivity (Wildman–Crippen MR) is 72.0 cm³/mol. The molecule has 0 saturated carbocycles. The molecule has 1 N–H and O–H groups in total. The van der Waals surface area contributed by atoms with Gasteiger partial charge in [-0.25, -0.2) is 4.39 Å². The number of nitrogens with zero attached hydrogens (tertiary/aromatic N) is 2. The molecule has 0 spiro atoms. The van der Waals surface area contributed by atoms with E-state index < -0.39 is 0 Å². The van der Waals surface area contributed by atoms with Gasteiger partial charge < -0.3 is 9.84 Å². The van der Waals surface area contributed by atoms with Crippen molar-refractivity contribution in [3.63, 3.8) is 0 Å². The van der Waals surface area contributed by atoms with E-state index in [0.717, 1.165) is 13.0 Å². The Kier molecular flexibility index (Phi) is 3.61. The topological polar surface area (TPSA) is 51.0 Å². The second kappa shape index (κ2) is 5.38. The van der Waals surface area contributed by atoms with Gasteiger partial charge >= 0.3 is 0 Å². The van der Waals surface area contributed by atoms with Crippen molar-refractivity contribution in [1.82, 2.24) is 15.5 Å². The summed E-state index contributed by atoms with van der Waals surface area (Å²) in [6.45, 7) is 0.983. The fourth-order valence-corrected chi connectivity index (χ4v) is 2.57. The van der Waals surface area contributed by atoms with Gasteiger partial charge in [0.1, 0.15) is 5.82 Å². The Labute approximate surface area is 118 Å². The molecule has 1 fully saturated rings. The Morgan fingerprint density at radius 2 is 2.26 bits per heavy atom. The van der Waals surface area contributed by atoms with Crippen molar-refractivity contribution in [2.24, 2.45) is 0 Å². The van der Waals surface area contributed by atoms with E-state index >= 15 is 0 Å². The molecule has 3 rings (SSSR count). The van der Waals surface area contributed by atoms with E-state index in [-0.39, 0.29) is 11.9 Å². The summed E-state index contributed by atoms with van der Waals surface area (Å²) < 4.78 is 18.8. The highest BCUT2D eigenvalue weighted by molar-refractivity contribution is 9.10. The van der Waals surface area contributed by atoms with Crippen molar-refractivity contribution in [2.45, 2.75) is 25.3 Å². The van der Waals surface area contributed by atoms with Crippen molar-refractivity contribution in [1.29, 1.82) is 0 Å². The summed E-state index contributed by atoms with van der Waals surface area (Å²) in [5.41, 5.74) is 0.711. The van der Waals surface area contributed by atoms with Gasteiger partial charge in [-0.15, -0.1) is 0 Å². The van der Waals surface area contributed by atoms with Gasteiger partial charge in [0.2, 0.25) is 0 Å². The lowest BCUT2D eigenvalue weighted by molar-refractivity contribution is 0.367. The molecule has 6 heteroatoms. The van der Waals surface area contributed by atoms with E-state index in [4.69, 9.17) is 4.52 Å². The van der Waals surface area contributed by atoms with Crippen LogP contribution in [0, 0.1) is 5.82 Å². The Morgan fingerprint density at radius 3 is 3.00 bits per heavy atom. The Hall–Kier alpha value is -1.27. The second-order valence-electron chi connectivity index (χ2n) is 4.59. The van der Waals surface area contributed by atoms with Crippen molar-refractivity contribution in [3.8, 4) is 11.5 Å². The number of hydrogen-bond donors (Lipinski definition) is 1. The minimum Gasteiger partial charge on any atom is -0.334 e. The average Bonchev–Trinajstić information content (AvgIpc) is 2.93. The third-order valence-electron chi connectivity index (χ3n) is 3.23. The van der Waals surface area contributed by atoms with Crippen LogP contribution in [0.1, 0.15) is 31.1 Å². The maximum Gasteiger partial charge on any atom is 0.258 e. The maximum absolute atomic E-state index is 13.2. The molecular weight excluding hydrogens is 313 g/mol. The highest BCUT2D eigenvalue weighted by Gasteiger charge is 2.21. The minimum absolute atomic E-state index is 0.162. The summed E-state index contributed by atoms with van der Waals surface area (Å²) in [6, 6.07) is 4.81. The van der Waals surface area contributed by atoms with E-state index in [2.05, 4.69) is 31.4 Å². The van der Waals surface area contributed by atoms with Crippen LogP contribution in [0.5, 0.6) is 0 Å². The SMILES string of the molecule is Fc1ccc(-c2nc(C3CCCCN3)no2)cc1Br. The van der Waals surface area contributed by atoms with Crippen LogP contribution >= 0.6 is 15.9 Å². The first kappa shape index (κ1) is 12.7. The predicted octanol–water partition coefficient (Wildman–Crippen LogP) is 3.45. The average molecular weight is 326 g/mol. The first-order valence-electron chi connectivity index (χ1n) is 6.26. The summed E-state index contributed by atoms with van der Waals surface area (Å²) >= 11 is 3.15. The number of hydrogen-bond acceptors (Lipinski definition) is 4. The number of benzene rings is 1. The smallest absolute Gasteiger partial charge is 0.258 e. The lowest BCUT2D eigenvalue weighted by Crippen LogP contribution is -2.27. The van der Waals surface area contributed by atoms with Crippen LogP contribution in [0.2, 0.25) is 0 Å². The summed E-state index contributed by atoms with van der Waals surface area (Å²) in [6.07, 6.45) is 3.38. The molecule has 1 aromatic heterocycles. The molecule has 1 aromatic carbocycles. The number of piperidine rings is 1. The van der Waals surface area contributed by atoms with Crippen LogP contribution in [0.25, 0.3) is 11.5 Å². The Morgan fingerprint density at radius 1 is 1.37 bits per heavy atom. The molecule has 4 nitrogen and oxygen atoms in total. The summed E-state index contributed by atoms with van der Waals surface area (Å²) in [5.74, 6) is 0.788. The normalized spacial score (nSPS) is 19.6. The molecule has 100 valence electrons. The van der Waals surface area contributed by atoms with Gasteiger partial charge in [-0.2, -0.15) is 4.98 Å². The highest BCUT2D eigenvalue weighted by Crippen LogP contribution is 2.26. The van der Waals surface area contributed by atoms with E-state index in [0.29, 0.717) is 21.8 Å². The number of halogens is 2. The van der Waals surface area contributed by atoms with Crippen LogP contribution in [0.15, 0.2) is 27.2 Å². The molecule has 19 heavy (non-hydrogen) atoms. The van der Waals surface area contributed by atoms with E-state index in [1.807, 2.05) is 0 Å². The fraction of sp³-hybridized carbons (Fsp3) is 0.385. The first-order chi connectivity index (χ1) is 9.24. The van der Waals surface area contributed by atoms with Gasteiger partial charge in [0.05, 0.1) is 10.5 Å². The quantitative estimate of drug-likeness (QED) is 0.918. The summed E-state index contributed by atoms with van der Waals surface area (Å²) in [4.78, 5) is 4.39. The van der Waals surface area contributed by atoms with E-state index in [1.165, 1.54) is 18.9 Å². The third kappa shape index (κ3) is 2.69. The zero-order chi connectivity index (χ0) is 13.2. The summed E-state index contributed by atoms with van der Waals surface area (Å²) in [5, 5.41) is 7.38. The van der Waals surface area contributed by atoms with Crippen LogP contribution in [0.3, 0.4) is 0 Å². The van der Waals surface area contributed by atoms with Crippen LogP contribution in [0.4, 0.5) is 4.39 Å². The molecule has 1 atom stereocenters. The standard InChI is InChI=1S/C13H13BrFN3O/c14-9-7-8(4-5-10(9)15)13-17-12(18-19-13)11-3-1-2-6-16-11/h4-5,7,11,16H,1-3,6H2. The number of nitrogens with one attached hydrogen (secondary N) is 1. The van der Waals surface area contributed by atoms with Crippen molar-refractivity contribution >= 4 is 15.9 Å². The zero-order valence-electron chi connectivity index (χ0n) is 10.2. The molecule has 0 aliphatic carbocycles. The first-order valence-corrected chi connectivity index (χ1v) is 7.06. The molecule has 0 bridgehead atoms. The molecule has 0 radical (unpaired) electrons. The van der Waals surface area contributed by atoms with Crippen molar-refractivity contribution in [2.75, 3.05) is 6.54 Å². The molecule has 2 aromatic rings. The second-order valence-corrected chi connectivity index (χ2v) is 5.44. The number of rotatable bonds is 2. The van der Waals surface area contributed by atoms with Crippen LogP contribution < -0.4 is 5.32 Å². The van der Waals surface area contributed by atoms with Gasteiger partial charge in [-0.05, 0) is 53.5 Å². The van der Waals surface area contributed by atoms with Gasteiger partial charge in [-0.1, -0.05) is 11.6 Å². The minimum atomic E-state index is -0.308. The lowest BCUT2D eigenvalue weighted by atomic mass is 10.0. The van der Waals surface area contributed by atoms with Gasteiger partial charge in [0, 0.05) is 5.56 Å². The molecular formula is C13H13BrFN3O. The largest absolute Gasteiger partial charge is 0.334 e. The maximum atomic E-state index is 13.2. The lowest BCUT2D eigenvalue weighted by Gasteiger charge is -2.19. The summed E-state index contributed by atoms with van der Waals surface area (Å²) in [7, 11) is 0. The zero-order valence-corrected chi connectivity index (χ0v) is 11.8. The fourth-order valence-electron chi connectivity index (χ4n) is 2.20. The Balaban J connectivity index is 1.85. The molecule has 1 aliphatic heterocycles. The van der Waals surface area contributed by atoms with Gasteiger partial charge in [0.15, 0.2) is 5.82 Å². The Bertz CT molecular complexity index is 581. The molecule has 1 aliphatic rings. The van der Waals surface area contributed by atoms with Gasteiger partial charge in [0.25, 0.3) is 5.89 Å². The van der Waals surface area contributed by atoms with Crippen LogP contribution in [-0.2, 0) is 0 Å². The van der Waals surface area contributed by atoms with Crippen LogP contribution in [-0.4, -0.2) is 16.7 Å². The molecule has 1 saturated heterocycles. The molecule has 0 amide bonds. The third-order valence-corrected chi connectivity index (χ3v) is 3.84. The van der Waals surface area contributed by atoms with E-state index in [9.17, 15) is 4.39 Å². The van der Waals surface area contributed by atoms with Crippen molar-refractivity contribution in [3.05, 3.63) is 34.3 Å².